The minimum absolute atomic E-state index is 0.000234. The Labute approximate surface area is 217 Å². The molecule has 0 aliphatic carbocycles. The number of nitrogens with one attached hydrogen (secondary N) is 1. The van der Waals surface area contributed by atoms with Crippen molar-refractivity contribution in [2.75, 3.05) is 20.3 Å². The normalized spacial score (nSPS) is 22.5. The average Bonchev–Trinajstić information content (AvgIpc) is 2.84. The summed E-state index contributed by atoms with van der Waals surface area (Å²) in [6, 6.07) is 2.80. The van der Waals surface area contributed by atoms with Gasteiger partial charge in [0.2, 0.25) is 6.29 Å². The van der Waals surface area contributed by atoms with Crippen molar-refractivity contribution < 1.29 is 52.7 Å². The average molecular weight is 538 g/mol. The molecule has 0 bridgehead atoms. The third-order valence-electron chi connectivity index (χ3n) is 5.84. The highest BCUT2D eigenvalue weighted by molar-refractivity contribution is 5.99. The number of esters is 1. The number of amides is 1. The van der Waals surface area contributed by atoms with Gasteiger partial charge >= 0.3 is 17.7 Å². The van der Waals surface area contributed by atoms with Crippen molar-refractivity contribution >= 4 is 23.0 Å². The number of aliphatic hydroxyl groups excluding tert-OH is 1. The maximum atomic E-state index is 12.5. The second-order valence-electron chi connectivity index (χ2n) is 8.83. The van der Waals surface area contributed by atoms with E-state index >= 15 is 0 Å². The number of hydroxylamine groups is 1. The summed E-state index contributed by atoms with van der Waals surface area (Å²) < 4.78 is 32.8. The Morgan fingerprint density at radius 1 is 1.29 bits per heavy atom. The molecule has 2 aromatic rings. The van der Waals surface area contributed by atoms with E-state index in [9.17, 15) is 24.6 Å². The first-order valence-electron chi connectivity index (χ1n) is 11.7. The molecule has 4 atom stereocenters. The Balaban J connectivity index is 1.93. The highest BCUT2D eigenvalue weighted by atomic mass is 16.7. The fourth-order valence-electron chi connectivity index (χ4n) is 4.12. The van der Waals surface area contributed by atoms with Gasteiger partial charge in [-0.05, 0) is 39.8 Å². The van der Waals surface area contributed by atoms with Gasteiger partial charge in [-0.2, -0.15) is 5.48 Å². The number of hydrogen-bond acceptors (Lipinski definition) is 12. The smallest absolute Gasteiger partial charge is 0.431 e. The molecule has 1 aliphatic heterocycles. The monoisotopic (exact) mass is 537 g/mol. The summed E-state index contributed by atoms with van der Waals surface area (Å²) in [5.41, 5.74) is -0.537. The summed E-state index contributed by atoms with van der Waals surface area (Å²) in [6.07, 6.45) is -4.59. The Morgan fingerprint density at radius 3 is 2.63 bits per heavy atom. The van der Waals surface area contributed by atoms with Crippen LogP contribution in [0.5, 0.6) is 11.5 Å². The fourth-order valence-corrected chi connectivity index (χ4v) is 4.12. The number of carbonyl (C=O) groups excluding carboxylic acids is 2. The van der Waals surface area contributed by atoms with Gasteiger partial charge in [0.15, 0.2) is 17.8 Å². The van der Waals surface area contributed by atoms with Crippen molar-refractivity contribution in [1.82, 2.24) is 5.48 Å². The van der Waals surface area contributed by atoms with Crippen molar-refractivity contribution in [3.05, 3.63) is 46.3 Å². The second kappa shape index (κ2) is 11.8. The number of ether oxygens (including phenoxy) is 5. The maximum Gasteiger partial charge on any atom is 0.431 e. The number of benzene rings is 1. The zero-order valence-corrected chi connectivity index (χ0v) is 21.6. The molecule has 0 saturated carbocycles. The minimum Gasteiger partial charge on any atom is -0.506 e. The van der Waals surface area contributed by atoms with Crippen LogP contribution in [0.15, 0.2) is 34.0 Å². The van der Waals surface area contributed by atoms with Crippen LogP contribution in [0.1, 0.15) is 36.7 Å². The van der Waals surface area contributed by atoms with Crippen molar-refractivity contribution in [3.8, 4) is 11.5 Å². The number of hydrogen-bond donors (Lipinski definition) is 3. The molecular formula is C25H31NO12. The van der Waals surface area contributed by atoms with Gasteiger partial charge in [0.25, 0.3) is 0 Å². The van der Waals surface area contributed by atoms with Gasteiger partial charge in [-0.3, -0.25) is 4.84 Å². The predicted molar refractivity (Wildman–Crippen MR) is 131 cm³/mol. The summed E-state index contributed by atoms with van der Waals surface area (Å²) >= 11 is 0. The number of aryl methyl sites for hydroxylation is 1. The van der Waals surface area contributed by atoms with Gasteiger partial charge in [0.05, 0.1) is 24.2 Å². The molecule has 1 aliphatic rings. The van der Waals surface area contributed by atoms with E-state index < -0.39 is 59.2 Å². The van der Waals surface area contributed by atoms with E-state index in [1.54, 1.807) is 27.7 Å². The van der Waals surface area contributed by atoms with Crippen LogP contribution in [0.2, 0.25) is 0 Å². The zero-order chi connectivity index (χ0) is 28.2. The summed E-state index contributed by atoms with van der Waals surface area (Å²) in [5, 5.41) is 21.7. The van der Waals surface area contributed by atoms with Crippen LogP contribution < -0.4 is 15.8 Å². The van der Waals surface area contributed by atoms with Crippen molar-refractivity contribution in [3.63, 3.8) is 0 Å². The molecule has 208 valence electrons. The molecular weight excluding hydrogens is 506 g/mol. The van der Waals surface area contributed by atoms with Gasteiger partial charge in [-0.15, -0.1) is 6.58 Å². The molecule has 1 fully saturated rings. The number of fused-ring (bicyclic) bond motifs is 1. The Kier molecular flexibility index (Phi) is 8.99. The molecule has 0 unspecified atom stereocenters. The van der Waals surface area contributed by atoms with Crippen molar-refractivity contribution in [2.45, 2.75) is 57.9 Å². The fraction of sp³-hybridized carbons (Fsp3) is 0.480. The SMILES string of the molecule is C=CCONC(=O)O[C@H]1[C@@H](O)[C@H](Oc2ccc3c(O)c(C(=O)OCC)c(=O)oc3c2C)OC(C)(C)[C@@H]1OC. The maximum absolute atomic E-state index is 12.5. The number of aromatic hydroxyl groups is 1. The largest absolute Gasteiger partial charge is 0.506 e. The molecule has 2 heterocycles. The Hall–Kier alpha value is -3.65. The van der Waals surface area contributed by atoms with Crippen LogP contribution in [0.25, 0.3) is 11.0 Å². The standard InChI is InChI=1S/C25H31NO12/c1-7-11-34-26-24(31)37-19-17(28)23(38-25(4,5)20(19)32-6)35-14-10-9-13-16(27)15(21(29)33-8-2)22(30)36-18(13)12(14)3/h7,9-10,17,19-20,23,27-28H,1,8,11H2,2-6H3,(H,26,31)/t17-,19+,20-,23-/m1/s1. The molecule has 1 saturated heterocycles. The Bertz CT molecular complexity index is 1250. The third kappa shape index (κ3) is 5.75. The van der Waals surface area contributed by atoms with Crippen LogP contribution in [-0.2, 0) is 23.8 Å². The molecule has 0 radical (unpaired) electrons. The van der Waals surface area contributed by atoms with Crippen molar-refractivity contribution in [2.24, 2.45) is 0 Å². The molecule has 38 heavy (non-hydrogen) atoms. The van der Waals surface area contributed by atoms with Gasteiger partial charge in [0, 0.05) is 12.7 Å². The number of carbonyl (C=O) groups is 2. The van der Waals surface area contributed by atoms with Gasteiger partial charge < -0.3 is 38.3 Å². The van der Waals surface area contributed by atoms with Crippen LogP contribution in [-0.4, -0.2) is 72.8 Å². The number of rotatable bonds is 9. The topological polar surface area (TPSA) is 172 Å². The van der Waals surface area contributed by atoms with E-state index in [0.717, 1.165) is 0 Å². The number of methoxy groups -OCH3 is 1. The first-order valence-corrected chi connectivity index (χ1v) is 11.7. The van der Waals surface area contributed by atoms with E-state index in [-0.39, 0.29) is 35.5 Å². The van der Waals surface area contributed by atoms with Crippen LogP contribution in [0.4, 0.5) is 4.79 Å². The quantitative estimate of drug-likeness (QED) is 0.140. The van der Waals surface area contributed by atoms with Crippen molar-refractivity contribution in [1.29, 1.82) is 0 Å². The second-order valence-corrected chi connectivity index (χ2v) is 8.83. The van der Waals surface area contributed by atoms with Crippen LogP contribution >= 0.6 is 0 Å². The highest BCUT2D eigenvalue weighted by Gasteiger charge is 2.53. The Morgan fingerprint density at radius 2 is 2.00 bits per heavy atom. The highest BCUT2D eigenvalue weighted by Crippen LogP contribution is 2.37. The molecule has 1 aromatic heterocycles. The molecule has 13 nitrogen and oxygen atoms in total. The summed E-state index contributed by atoms with van der Waals surface area (Å²) in [6.45, 7) is 9.92. The molecule has 1 amide bonds. The lowest BCUT2D eigenvalue weighted by molar-refractivity contribution is -0.305. The van der Waals surface area contributed by atoms with E-state index in [1.807, 2.05) is 0 Å². The lowest BCUT2D eigenvalue weighted by Gasteiger charge is -2.47. The van der Waals surface area contributed by atoms with Crippen LogP contribution in [0.3, 0.4) is 0 Å². The molecule has 3 rings (SSSR count). The molecule has 13 heteroatoms. The lowest BCUT2D eigenvalue weighted by Crippen LogP contribution is -2.65. The van der Waals surface area contributed by atoms with E-state index in [4.69, 9.17) is 32.9 Å². The van der Waals surface area contributed by atoms with Gasteiger partial charge in [-0.1, -0.05) is 6.08 Å². The first kappa shape index (κ1) is 28.9. The molecule has 3 N–H and O–H groups in total. The predicted octanol–water partition coefficient (Wildman–Crippen LogP) is 2.09. The summed E-state index contributed by atoms with van der Waals surface area (Å²) in [4.78, 5) is 41.6. The third-order valence-corrected chi connectivity index (χ3v) is 5.84. The molecule has 1 aromatic carbocycles. The van der Waals surface area contributed by atoms with Gasteiger partial charge in [-0.25, -0.2) is 14.4 Å². The minimum atomic E-state index is -1.53. The summed E-state index contributed by atoms with van der Waals surface area (Å²) in [5.74, 6) is -1.49. The van der Waals surface area contributed by atoms with Crippen LogP contribution in [0, 0.1) is 6.92 Å². The van der Waals surface area contributed by atoms with E-state index in [0.29, 0.717) is 0 Å². The summed E-state index contributed by atoms with van der Waals surface area (Å²) in [7, 11) is 1.37. The molecule has 0 spiro atoms. The number of aliphatic hydroxyl groups is 1. The first-order chi connectivity index (χ1) is 18.0. The van der Waals surface area contributed by atoms with E-state index in [2.05, 4.69) is 12.1 Å². The van der Waals surface area contributed by atoms with E-state index in [1.165, 1.54) is 25.3 Å². The van der Waals surface area contributed by atoms with Gasteiger partial charge in [0.1, 0.15) is 23.2 Å². The zero-order valence-electron chi connectivity index (χ0n) is 21.6. The lowest BCUT2D eigenvalue weighted by atomic mass is 9.89.